The molecule has 0 amide bonds. The molecule has 0 aromatic heterocycles. The van der Waals surface area contributed by atoms with E-state index >= 15 is 0 Å². The summed E-state index contributed by atoms with van der Waals surface area (Å²) in [7, 11) is 0. The first-order valence-electron chi connectivity index (χ1n) is 3.51. The molecule has 0 saturated carbocycles. The van der Waals surface area contributed by atoms with E-state index in [1.807, 2.05) is 18.2 Å². The molecule has 0 fully saturated rings. The zero-order chi connectivity index (χ0) is 7.61. The van der Waals surface area contributed by atoms with Crippen molar-refractivity contribution in [1.82, 2.24) is 0 Å². The summed E-state index contributed by atoms with van der Waals surface area (Å²) in [5, 5.41) is 0. The Kier molecular flexibility index (Phi) is 6.83. The fourth-order valence-corrected chi connectivity index (χ4v) is 0.889. The van der Waals surface area contributed by atoms with E-state index in [1.54, 1.807) is 0 Å². The molecule has 0 saturated heterocycles. The Morgan fingerprint density at radius 1 is 1.08 bits per heavy atom. The van der Waals surface area contributed by atoms with E-state index in [-0.39, 0.29) is 34.9 Å². The van der Waals surface area contributed by atoms with Gasteiger partial charge in [0.2, 0.25) is 0 Å². The van der Waals surface area contributed by atoms with Crippen LogP contribution in [0.4, 0.5) is 0 Å². The Hall–Kier alpha value is 0.0295. The molecule has 2 heteroatoms. The smallest absolute Gasteiger partial charge is 1.00 e. The third-order valence-electron chi connectivity index (χ3n) is 1.56. The van der Waals surface area contributed by atoms with Crippen molar-refractivity contribution in [1.29, 1.82) is 0 Å². The molecule has 12 heavy (non-hydrogen) atoms. The SMILES string of the molecule is [CH2-]C(C)(C)c1ccccc1.[Cl-].[Mn+2]. The summed E-state index contributed by atoms with van der Waals surface area (Å²) in [5.41, 5.74) is 1.33. The molecule has 1 aromatic carbocycles. The zero-order valence-corrected chi connectivity index (χ0v) is 9.29. The predicted octanol–water partition coefficient (Wildman–Crippen LogP) is -0.200. The van der Waals surface area contributed by atoms with Crippen LogP contribution in [-0.2, 0) is 22.5 Å². The minimum Gasteiger partial charge on any atom is -1.00 e. The first-order chi connectivity index (χ1) is 4.61. The Morgan fingerprint density at radius 3 is 1.75 bits per heavy atom. The van der Waals surface area contributed by atoms with Gasteiger partial charge in [0.25, 0.3) is 0 Å². The van der Waals surface area contributed by atoms with E-state index in [0.717, 1.165) is 0 Å². The van der Waals surface area contributed by atoms with Gasteiger partial charge >= 0.3 is 17.1 Å². The van der Waals surface area contributed by atoms with Crippen molar-refractivity contribution in [2.75, 3.05) is 0 Å². The van der Waals surface area contributed by atoms with Crippen LogP contribution < -0.4 is 12.4 Å². The van der Waals surface area contributed by atoms with E-state index in [4.69, 9.17) is 0 Å². The molecule has 0 heterocycles. The normalized spacial score (nSPS) is 9.58. The molecule has 0 aliphatic rings. The van der Waals surface area contributed by atoms with Gasteiger partial charge in [-0.15, -0.1) is 5.41 Å². The van der Waals surface area contributed by atoms with E-state index in [0.29, 0.717) is 0 Å². The molecule has 67 valence electrons. The number of halogens is 1. The first-order valence-corrected chi connectivity index (χ1v) is 3.51. The predicted molar refractivity (Wildman–Crippen MR) is 44.8 cm³/mol. The summed E-state index contributed by atoms with van der Waals surface area (Å²) in [4.78, 5) is 0. The molecule has 0 atom stereocenters. The van der Waals surface area contributed by atoms with E-state index in [1.165, 1.54) is 5.56 Å². The second kappa shape index (κ2) is 5.64. The van der Waals surface area contributed by atoms with Crippen molar-refractivity contribution in [2.24, 2.45) is 0 Å². The Labute approximate surface area is 91.6 Å². The number of rotatable bonds is 1. The van der Waals surface area contributed by atoms with Gasteiger partial charge in [-0.25, -0.2) is 0 Å². The van der Waals surface area contributed by atoms with Crippen LogP contribution in [0.15, 0.2) is 30.3 Å². The van der Waals surface area contributed by atoms with Gasteiger partial charge in [0.15, 0.2) is 0 Å². The van der Waals surface area contributed by atoms with Crippen LogP contribution in [-0.4, -0.2) is 0 Å². The van der Waals surface area contributed by atoms with Gasteiger partial charge in [0.1, 0.15) is 0 Å². The van der Waals surface area contributed by atoms with Crippen LogP contribution in [0.3, 0.4) is 0 Å². The molecule has 1 rings (SSSR count). The van der Waals surface area contributed by atoms with E-state index in [9.17, 15) is 0 Å². The molecular weight excluding hydrogens is 211 g/mol. The Balaban J connectivity index is 0. The molecule has 0 nitrogen and oxygen atoms in total. The Morgan fingerprint density at radius 2 is 1.50 bits per heavy atom. The standard InChI is InChI=1S/C10H13.ClH.Mn/c1-10(2,3)9-7-5-4-6-8-9;;/h4-8H,1H2,2-3H3;1H;/q-1;;+2/p-1. The van der Waals surface area contributed by atoms with Crippen LogP contribution >= 0.6 is 0 Å². The third-order valence-corrected chi connectivity index (χ3v) is 1.56. The molecule has 0 spiro atoms. The number of benzene rings is 1. The molecule has 0 aliphatic heterocycles. The fraction of sp³-hybridized carbons (Fsp3) is 0.300. The molecule has 1 radical (unpaired) electrons. The van der Waals surface area contributed by atoms with Crippen LogP contribution in [0.2, 0.25) is 0 Å². The van der Waals surface area contributed by atoms with Crippen molar-refractivity contribution in [3.05, 3.63) is 42.8 Å². The first kappa shape index (κ1) is 14.5. The minimum absolute atomic E-state index is 0. The average Bonchev–Trinajstić information content (AvgIpc) is 1.88. The van der Waals surface area contributed by atoms with Crippen LogP contribution in [0, 0.1) is 6.92 Å². The van der Waals surface area contributed by atoms with Crippen LogP contribution in [0.1, 0.15) is 19.4 Å². The maximum Gasteiger partial charge on any atom is 2.00 e. The second-order valence-corrected chi connectivity index (χ2v) is 3.25. The monoisotopic (exact) mass is 223 g/mol. The average molecular weight is 224 g/mol. The van der Waals surface area contributed by atoms with Crippen molar-refractivity contribution in [2.45, 2.75) is 19.3 Å². The summed E-state index contributed by atoms with van der Waals surface area (Å²) < 4.78 is 0. The van der Waals surface area contributed by atoms with Crippen molar-refractivity contribution >= 4 is 0 Å². The minimum atomic E-state index is 0. The summed E-state index contributed by atoms with van der Waals surface area (Å²) >= 11 is 0. The van der Waals surface area contributed by atoms with Gasteiger partial charge in [-0.1, -0.05) is 49.7 Å². The quantitative estimate of drug-likeness (QED) is 0.457. The third kappa shape index (κ3) is 4.15. The van der Waals surface area contributed by atoms with E-state index < -0.39 is 0 Å². The molecule has 0 aliphatic carbocycles. The summed E-state index contributed by atoms with van der Waals surface area (Å²) in [6.07, 6.45) is 0. The second-order valence-electron chi connectivity index (χ2n) is 3.25. The summed E-state index contributed by atoms with van der Waals surface area (Å²) in [6.45, 7) is 8.27. The van der Waals surface area contributed by atoms with Crippen molar-refractivity contribution in [3.8, 4) is 0 Å². The number of hydrogen-bond donors (Lipinski definition) is 0. The van der Waals surface area contributed by atoms with Gasteiger partial charge in [-0.2, -0.15) is 0 Å². The molecule has 0 unspecified atom stereocenters. The van der Waals surface area contributed by atoms with Crippen LogP contribution in [0.25, 0.3) is 0 Å². The zero-order valence-electron chi connectivity index (χ0n) is 7.35. The Bertz CT molecular complexity index is 201. The largest absolute Gasteiger partial charge is 2.00 e. The van der Waals surface area contributed by atoms with Gasteiger partial charge < -0.3 is 19.3 Å². The van der Waals surface area contributed by atoms with Crippen molar-refractivity contribution < 1.29 is 29.5 Å². The molecule has 0 N–H and O–H groups in total. The topological polar surface area (TPSA) is 0 Å². The molecule has 0 bridgehead atoms. The van der Waals surface area contributed by atoms with Gasteiger partial charge in [0.05, 0.1) is 0 Å². The summed E-state index contributed by atoms with van der Waals surface area (Å²) in [6, 6.07) is 10.3. The molecule has 1 aromatic rings. The van der Waals surface area contributed by atoms with Crippen molar-refractivity contribution in [3.63, 3.8) is 0 Å². The number of hydrogen-bond acceptors (Lipinski definition) is 0. The van der Waals surface area contributed by atoms with E-state index in [2.05, 4.69) is 32.9 Å². The van der Waals surface area contributed by atoms with Gasteiger partial charge in [-0.05, 0) is 0 Å². The van der Waals surface area contributed by atoms with Gasteiger partial charge in [-0.3, -0.25) is 0 Å². The maximum absolute atomic E-state index is 4.04. The van der Waals surface area contributed by atoms with Gasteiger partial charge in [0, 0.05) is 0 Å². The van der Waals surface area contributed by atoms with Crippen LogP contribution in [0.5, 0.6) is 0 Å². The summed E-state index contributed by atoms with van der Waals surface area (Å²) in [5.74, 6) is 0. The fourth-order valence-electron chi connectivity index (χ4n) is 0.889. The molecular formula is C10H13ClMn. The maximum atomic E-state index is 4.04.